The van der Waals surface area contributed by atoms with E-state index in [0.717, 1.165) is 76.9 Å². The van der Waals surface area contributed by atoms with E-state index >= 15 is 0 Å². The lowest BCUT2D eigenvalue weighted by Gasteiger charge is -2.28. The Morgan fingerprint density at radius 2 is 2.06 bits per heavy atom. The molecule has 0 spiro atoms. The third-order valence-electron chi connectivity index (χ3n) is 7.46. The van der Waals surface area contributed by atoms with Gasteiger partial charge in [0.25, 0.3) is 0 Å². The topological polar surface area (TPSA) is 37.7 Å². The molecule has 1 saturated heterocycles. The molecule has 0 bridgehead atoms. The fourth-order valence-electron chi connectivity index (χ4n) is 5.50. The standard InChI is InChI=1S/C28H41N3O2/c1-4-6-16-30(14-5-2)28(32)21-31-20-24(22-9-12-27-23(18-22)13-17-33-27)19-26(31)11-10-25-8-7-15-29(25)3/h7-9,12,15,18,24,26H,4-6,10-11,13-14,16-17,19-21H2,1-3H3. The highest BCUT2D eigenvalue weighted by Crippen LogP contribution is 2.36. The molecule has 2 aromatic rings. The third-order valence-corrected chi connectivity index (χ3v) is 7.46. The average molecular weight is 452 g/mol. The van der Waals surface area contributed by atoms with Crippen molar-refractivity contribution in [1.29, 1.82) is 0 Å². The molecule has 1 fully saturated rings. The van der Waals surface area contributed by atoms with Crippen LogP contribution in [-0.2, 0) is 24.7 Å². The van der Waals surface area contributed by atoms with Gasteiger partial charge >= 0.3 is 0 Å². The van der Waals surface area contributed by atoms with Crippen LogP contribution in [0.1, 0.15) is 68.7 Å². The van der Waals surface area contributed by atoms with Crippen LogP contribution in [0.5, 0.6) is 5.75 Å². The van der Waals surface area contributed by atoms with Crippen LogP contribution in [-0.4, -0.2) is 59.1 Å². The van der Waals surface area contributed by atoms with Crippen molar-refractivity contribution in [3.8, 4) is 5.75 Å². The molecule has 5 heteroatoms. The highest BCUT2D eigenvalue weighted by molar-refractivity contribution is 5.78. The molecular weight excluding hydrogens is 410 g/mol. The van der Waals surface area contributed by atoms with Crippen molar-refractivity contribution in [2.45, 2.75) is 70.8 Å². The summed E-state index contributed by atoms with van der Waals surface area (Å²) in [7, 11) is 2.12. The Morgan fingerprint density at radius 1 is 1.18 bits per heavy atom. The molecule has 0 aliphatic carbocycles. The first-order chi connectivity index (χ1) is 16.1. The first kappa shape index (κ1) is 23.9. The molecule has 5 nitrogen and oxygen atoms in total. The Balaban J connectivity index is 1.47. The third kappa shape index (κ3) is 5.81. The van der Waals surface area contributed by atoms with Crippen molar-refractivity contribution in [2.75, 3.05) is 32.8 Å². The van der Waals surface area contributed by atoms with E-state index in [1.54, 1.807) is 0 Å². The quantitative estimate of drug-likeness (QED) is 0.493. The molecule has 0 N–H and O–H groups in total. The monoisotopic (exact) mass is 451 g/mol. The second-order valence-corrected chi connectivity index (χ2v) is 9.86. The molecule has 0 radical (unpaired) electrons. The minimum Gasteiger partial charge on any atom is -0.493 e. The molecule has 0 saturated carbocycles. The molecule has 1 amide bonds. The molecule has 2 aliphatic rings. The number of hydrogen-bond donors (Lipinski definition) is 0. The zero-order chi connectivity index (χ0) is 23.2. The summed E-state index contributed by atoms with van der Waals surface area (Å²) in [5.41, 5.74) is 4.13. The number of rotatable bonds is 11. The maximum atomic E-state index is 13.3. The van der Waals surface area contributed by atoms with Gasteiger partial charge in [-0.25, -0.2) is 0 Å². The summed E-state index contributed by atoms with van der Waals surface area (Å²) in [5, 5.41) is 0. The average Bonchev–Trinajstić information content (AvgIpc) is 3.54. The summed E-state index contributed by atoms with van der Waals surface area (Å²) >= 11 is 0. The number of nitrogens with zero attached hydrogens (tertiary/aromatic N) is 3. The highest BCUT2D eigenvalue weighted by Gasteiger charge is 2.35. The summed E-state index contributed by atoms with van der Waals surface area (Å²) in [6.45, 7) is 8.44. The largest absolute Gasteiger partial charge is 0.493 e. The second-order valence-electron chi connectivity index (χ2n) is 9.86. The fourth-order valence-corrected chi connectivity index (χ4v) is 5.50. The smallest absolute Gasteiger partial charge is 0.236 e. The summed E-state index contributed by atoms with van der Waals surface area (Å²) in [6.07, 6.45) is 9.64. The molecule has 33 heavy (non-hydrogen) atoms. The molecule has 2 aliphatic heterocycles. The van der Waals surface area contributed by atoms with Gasteiger partial charge in [-0.2, -0.15) is 0 Å². The van der Waals surface area contributed by atoms with E-state index in [2.05, 4.69) is 71.8 Å². The number of amides is 1. The van der Waals surface area contributed by atoms with Gasteiger partial charge in [0.2, 0.25) is 5.91 Å². The van der Waals surface area contributed by atoms with Gasteiger partial charge in [-0.1, -0.05) is 32.4 Å². The van der Waals surface area contributed by atoms with Crippen LogP contribution in [0.4, 0.5) is 0 Å². The van der Waals surface area contributed by atoms with Crippen LogP contribution in [0.15, 0.2) is 36.5 Å². The fraction of sp³-hybridized carbons (Fsp3) is 0.607. The molecule has 1 aromatic carbocycles. The van der Waals surface area contributed by atoms with Gasteiger partial charge in [-0.3, -0.25) is 9.69 Å². The van der Waals surface area contributed by atoms with E-state index in [9.17, 15) is 4.79 Å². The van der Waals surface area contributed by atoms with Crippen LogP contribution in [0, 0.1) is 0 Å². The number of carbonyl (C=O) groups is 1. The summed E-state index contributed by atoms with van der Waals surface area (Å²) < 4.78 is 7.94. The SMILES string of the molecule is CCCCN(CCC)C(=O)CN1CC(c2ccc3c(c2)CCO3)CC1CCc1cccn1C. The maximum Gasteiger partial charge on any atom is 0.236 e. The normalized spacial score (nSPS) is 20.1. The van der Waals surface area contributed by atoms with Crippen LogP contribution < -0.4 is 4.74 Å². The Morgan fingerprint density at radius 3 is 2.82 bits per heavy atom. The number of unbranched alkanes of at least 4 members (excludes halogenated alkanes) is 1. The van der Waals surface area contributed by atoms with Crippen molar-refractivity contribution in [3.05, 3.63) is 53.3 Å². The van der Waals surface area contributed by atoms with E-state index < -0.39 is 0 Å². The van der Waals surface area contributed by atoms with Crippen molar-refractivity contribution >= 4 is 5.91 Å². The van der Waals surface area contributed by atoms with Gasteiger partial charge in [0.05, 0.1) is 13.2 Å². The predicted molar refractivity (Wildman–Crippen MR) is 134 cm³/mol. The Labute approximate surface area is 199 Å². The van der Waals surface area contributed by atoms with Gasteiger partial charge < -0.3 is 14.2 Å². The first-order valence-corrected chi connectivity index (χ1v) is 13.0. The number of benzene rings is 1. The molecule has 4 rings (SSSR count). The number of fused-ring (bicyclic) bond motifs is 1. The molecule has 3 heterocycles. The van der Waals surface area contributed by atoms with Gasteiger partial charge in [-0.05, 0) is 67.3 Å². The number of likely N-dealkylation sites (tertiary alicyclic amines) is 1. The minimum absolute atomic E-state index is 0.303. The van der Waals surface area contributed by atoms with Gasteiger partial charge in [0.15, 0.2) is 0 Å². The lowest BCUT2D eigenvalue weighted by molar-refractivity contribution is -0.132. The van der Waals surface area contributed by atoms with Crippen LogP contribution in [0.25, 0.3) is 0 Å². The molecular formula is C28H41N3O2. The van der Waals surface area contributed by atoms with E-state index in [4.69, 9.17) is 4.74 Å². The number of ether oxygens (including phenoxy) is 1. The highest BCUT2D eigenvalue weighted by atomic mass is 16.5. The summed E-state index contributed by atoms with van der Waals surface area (Å²) in [6, 6.07) is 11.5. The van der Waals surface area contributed by atoms with Crippen molar-refractivity contribution in [1.82, 2.24) is 14.4 Å². The van der Waals surface area contributed by atoms with Gasteiger partial charge in [0, 0.05) is 51.0 Å². The Kier molecular flexibility index (Phi) is 8.13. The number of aryl methyl sites for hydroxylation is 2. The zero-order valence-electron chi connectivity index (χ0n) is 20.8. The van der Waals surface area contributed by atoms with Crippen molar-refractivity contribution < 1.29 is 9.53 Å². The number of carbonyl (C=O) groups excluding carboxylic acids is 1. The van der Waals surface area contributed by atoms with Crippen molar-refractivity contribution in [3.63, 3.8) is 0 Å². The Bertz CT molecular complexity index is 922. The molecule has 180 valence electrons. The van der Waals surface area contributed by atoms with Gasteiger partial charge in [-0.15, -0.1) is 0 Å². The van der Waals surface area contributed by atoms with E-state index in [-0.39, 0.29) is 0 Å². The summed E-state index contributed by atoms with van der Waals surface area (Å²) in [5.74, 6) is 1.84. The lowest BCUT2D eigenvalue weighted by Crippen LogP contribution is -2.43. The maximum absolute atomic E-state index is 13.3. The van der Waals surface area contributed by atoms with E-state index in [0.29, 0.717) is 24.4 Å². The van der Waals surface area contributed by atoms with Crippen LogP contribution in [0.3, 0.4) is 0 Å². The zero-order valence-corrected chi connectivity index (χ0v) is 20.8. The Hall–Kier alpha value is -2.27. The van der Waals surface area contributed by atoms with Crippen LogP contribution >= 0.6 is 0 Å². The molecule has 1 aromatic heterocycles. The van der Waals surface area contributed by atoms with E-state index in [1.165, 1.54) is 16.8 Å². The van der Waals surface area contributed by atoms with Crippen molar-refractivity contribution in [2.24, 2.45) is 7.05 Å². The van der Waals surface area contributed by atoms with E-state index in [1.807, 2.05) is 0 Å². The van der Waals surface area contributed by atoms with Gasteiger partial charge in [0.1, 0.15) is 5.75 Å². The second kappa shape index (κ2) is 11.2. The predicted octanol–water partition coefficient (Wildman–Crippen LogP) is 4.79. The number of hydrogen-bond acceptors (Lipinski definition) is 3. The first-order valence-electron chi connectivity index (χ1n) is 13.0. The molecule has 2 unspecified atom stereocenters. The van der Waals surface area contributed by atoms with Crippen LogP contribution in [0.2, 0.25) is 0 Å². The molecule has 2 atom stereocenters. The minimum atomic E-state index is 0.303. The lowest BCUT2D eigenvalue weighted by atomic mass is 9.93. The summed E-state index contributed by atoms with van der Waals surface area (Å²) in [4.78, 5) is 17.9. The number of aromatic nitrogens is 1.